The second-order valence-corrected chi connectivity index (χ2v) is 7.46. The van der Waals surface area contributed by atoms with Crippen molar-refractivity contribution < 1.29 is 19.0 Å². The smallest absolute Gasteiger partial charge is 0.259 e. The Morgan fingerprint density at radius 1 is 0.900 bits per heavy atom. The zero-order valence-corrected chi connectivity index (χ0v) is 18.4. The molecule has 3 rings (SSSR count). The van der Waals surface area contributed by atoms with Crippen LogP contribution in [0.5, 0.6) is 11.5 Å². The summed E-state index contributed by atoms with van der Waals surface area (Å²) in [6.07, 6.45) is 0.763. The summed E-state index contributed by atoms with van der Waals surface area (Å²) in [5, 5.41) is 2.91. The van der Waals surface area contributed by atoms with Gasteiger partial charge in [-0.05, 0) is 35.9 Å². The first kappa shape index (κ1) is 21.9. The number of nitrogens with one attached hydrogen (secondary N) is 1. The fraction of sp³-hybridized carbons (Fsp3) is 0.208. The van der Waals surface area contributed by atoms with Crippen LogP contribution in [0.3, 0.4) is 0 Å². The highest BCUT2D eigenvalue weighted by atomic mass is 79.9. The van der Waals surface area contributed by atoms with Crippen molar-refractivity contribution in [3.63, 3.8) is 0 Å². The quantitative estimate of drug-likeness (QED) is 0.406. The molecule has 0 unspecified atom stereocenters. The van der Waals surface area contributed by atoms with E-state index in [1.54, 1.807) is 25.3 Å². The number of benzene rings is 3. The van der Waals surface area contributed by atoms with Crippen molar-refractivity contribution >= 4 is 27.5 Å². The number of rotatable bonds is 10. The van der Waals surface area contributed by atoms with E-state index >= 15 is 0 Å². The molecule has 0 aromatic heterocycles. The molecule has 156 valence electrons. The Bertz CT molecular complexity index is 962. The van der Waals surface area contributed by atoms with Crippen LogP contribution in [0.15, 0.2) is 77.3 Å². The zero-order valence-electron chi connectivity index (χ0n) is 16.8. The first-order valence-electron chi connectivity index (χ1n) is 9.65. The molecule has 30 heavy (non-hydrogen) atoms. The van der Waals surface area contributed by atoms with E-state index in [1.165, 1.54) is 5.56 Å². The van der Waals surface area contributed by atoms with Crippen LogP contribution in [0.25, 0.3) is 0 Å². The molecular weight excluding hydrogens is 446 g/mol. The molecule has 0 saturated heterocycles. The summed E-state index contributed by atoms with van der Waals surface area (Å²) in [5.41, 5.74) is 2.29. The third-order valence-corrected chi connectivity index (χ3v) is 4.82. The molecule has 0 heterocycles. The summed E-state index contributed by atoms with van der Waals surface area (Å²) in [6.45, 7) is 1.42. The Balaban J connectivity index is 1.66. The predicted molar refractivity (Wildman–Crippen MR) is 122 cm³/mol. The monoisotopic (exact) mass is 469 g/mol. The Morgan fingerprint density at radius 3 is 2.53 bits per heavy atom. The fourth-order valence-corrected chi connectivity index (χ4v) is 3.20. The Morgan fingerprint density at radius 2 is 1.73 bits per heavy atom. The molecule has 0 atom stereocenters. The van der Waals surface area contributed by atoms with Crippen LogP contribution in [0.2, 0.25) is 0 Å². The second kappa shape index (κ2) is 11.4. The molecule has 0 aliphatic heterocycles. The minimum absolute atomic E-state index is 0.250. The zero-order chi connectivity index (χ0) is 21.2. The van der Waals surface area contributed by atoms with Crippen molar-refractivity contribution in [3.8, 4) is 11.5 Å². The Labute approximate surface area is 185 Å². The van der Waals surface area contributed by atoms with Crippen molar-refractivity contribution in [3.05, 3.63) is 88.4 Å². The van der Waals surface area contributed by atoms with Gasteiger partial charge in [-0.1, -0.05) is 52.3 Å². The molecule has 0 spiro atoms. The summed E-state index contributed by atoms with van der Waals surface area (Å²) in [6, 6.07) is 22.8. The van der Waals surface area contributed by atoms with Gasteiger partial charge in [-0.25, -0.2) is 0 Å². The van der Waals surface area contributed by atoms with Gasteiger partial charge >= 0.3 is 0 Å². The SMILES string of the molecule is COCCOc1cccc(NC(=O)c2cc(Br)ccc2OCCc2ccccc2)c1. The van der Waals surface area contributed by atoms with Crippen molar-refractivity contribution in [2.24, 2.45) is 0 Å². The number of hydrogen-bond donors (Lipinski definition) is 1. The van der Waals surface area contributed by atoms with Crippen LogP contribution in [0, 0.1) is 0 Å². The molecule has 5 nitrogen and oxygen atoms in total. The number of amides is 1. The minimum atomic E-state index is -0.250. The van der Waals surface area contributed by atoms with Crippen molar-refractivity contribution in [1.82, 2.24) is 0 Å². The Hall–Kier alpha value is -2.83. The predicted octanol–water partition coefficient (Wildman–Crippen LogP) is 5.35. The van der Waals surface area contributed by atoms with Crippen molar-refractivity contribution in [2.45, 2.75) is 6.42 Å². The van der Waals surface area contributed by atoms with Gasteiger partial charge in [0.2, 0.25) is 0 Å². The second-order valence-electron chi connectivity index (χ2n) is 6.55. The summed E-state index contributed by atoms with van der Waals surface area (Å²) in [7, 11) is 1.62. The highest BCUT2D eigenvalue weighted by molar-refractivity contribution is 9.10. The van der Waals surface area contributed by atoms with E-state index < -0.39 is 0 Å². The van der Waals surface area contributed by atoms with Gasteiger partial charge in [-0.3, -0.25) is 4.79 Å². The van der Waals surface area contributed by atoms with Crippen LogP contribution in [0.1, 0.15) is 15.9 Å². The number of anilines is 1. The lowest BCUT2D eigenvalue weighted by molar-refractivity contribution is 0.102. The average Bonchev–Trinajstić information content (AvgIpc) is 2.76. The van der Waals surface area contributed by atoms with Crippen LogP contribution in [-0.2, 0) is 11.2 Å². The maximum absolute atomic E-state index is 12.9. The Kier molecular flexibility index (Phi) is 8.30. The average molecular weight is 470 g/mol. The molecule has 0 bridgehead atoms. The maximum Gasteiger partial charge on any atom is 0.259 e. The fourth-order valence-electron chi connectivity index (χ4n) is 2.83. The summed E-state index contributed by atoms with van der Waals surface area (Å²) in [5.74, 6) is 0.956. The number of ether oxygens (including phenoxy) is 3. The van der Waals surface area contributed by atoms with E-state index in [0.29, 0.717) is 42.6 Å². The lowest BCUT2D eigenvalue weighted by Gasteiger charge is -2.13. The highest BCUT2D eigenvalue weighted by Crippen LogP contribution is 2.25. The third kappa shape index (κ3) is 6.61. The number of methoxy groups -OCH3 is 1. The molecule has 0 saturated carbocycles. The number of carbonyl (C=O) groups is 1. The topological polar surface area (TPSA) is 56.8 Å². The lowest BCUT2D eigenvalue weighted by Crippen LogP contribution is -2.14. The van der Waals surface area contributed by atoms with E-state index in [-0.39, 0.29) is 5.91 Å². The minimum Gasteiger partial charge on any atom is -0.492 e. The number of halogens is 1. The van der Waals surface area contributed by atoms with Gasteiger partial charge in [-0.15, -0.1) is 0 Å². The van der Waals surface area contributed by atoms with Gasteiger partial charge in [-0.2, -0.15) is 0 Å². The molecule has 6 heteroatoms. The highest BCUT2D eigenvalue weighted by Gasteiger charge is 2.14. The van der Waals surface area contributed by atoms with E-state index in [0.717, 1.165) is 10.9 Å². The molecule has 0 fully saturated rings. The van der Waals surface area contributed by atoms with Crippen molar-refractivity contribution in [2.75, 3.05) is 32.2 Å². The first-order valence-corrected chi connectivity index (χ1v) is 10.4. The molecule has 0 aliphatic rings. The van der Waals surface area contributed by atoms with E-state index in [9.17, 15) is 4.79 Å². The first-order chi connectivity index (χ1) is 14.7. The molecule has 3 aromatic rings. The molecule has 1 amide bonds. The summed E-state index contributed by atoms with van der Waals surface area (Å²) in [4.78, 5) is 12.9. The van der Waals surface area contributed by atoms with Gasteiger partial charge in [0.1, 0.15) is 18.1 Å². The molecular formula is C24H24BrNO4. The molecule has 0 aliphatic carbocycles. The molecule has 0 radical (unpaired) electrons. The number of carbonyl (C=O) groups excluding carboxylic acids is 1. The van der Waals surface area contributed by atoms with E-state index in [1.807, 2.05) is 42.5 Å². The summed E-state index contributed by atoms with van der Waals surface area (Å²) < 4.78 is 17.3. The van der Waals surface area contributed by atoms with Gasteiger partial charge in [0.05, 0.1) is 18.8 Å². The lowest BCUT2D eigenvalue weighted by atomic mass is 10.1. The van der Waals surface area contributed by atoms with Crippen molar-refractivity contribution in [1.29, 1.82) is 0 Å². The normalized spacial score (nSPS) is 10.5. The van der Waals surface area contributed by atoms with Gasteiger partial charge in [0.15, 0.2) is 0 Å². The molecule has 1 N–H and O–H groups in total. The largest absolute Gasteiger partial charge is 0.492 e. The summed E-state index contributed by atoms with van der Waals surface area (Å²) >= 11 is 3.43. The van der Waals surface area contributed by atoms with Crippen LogP contribution < -0.4 is 14.8 Å². The standard InChI is InChI=1S/C24H24BrNO4/c1-28-14-15-29-21-9-5-8-20(17-21)26-24(27)22-16-19(25)10-11-23(22)30-13-12-18-6-3-2-4-7-18/h2-11,16-17H,12-15H2,1H3,(H,26,27). The van der Waals surface area contributed by atoms with Gasteiger partial charge in [0.25, 0.3) is 5.91 Å². The van der Waals surface area contributed by atoms with Crippen LogP contribution in [-0.4, -0.2) is 32.8 Å². The van der Waals surface area contributed by atoms with Crippen LogP contribution >= 0.6 is 15.9 Å². The van der Waals surface area contributed by atoms with E-state index in [4.69, 9.17) is 14.2 Å². The van der Waals surface area contributed by atoms with Crippen LogP contribution in [0.4, 0.5) is 5.69 Å². The van der Waals surface area contributed by atoms with E-state index in [2.05, 4.69) is 33.4 Å². The molecule has 3 aromatic carbocycles. The third-order valence-electron chi connectivity index (χ3n) is 4.33. The number of hydrogen-bond acceptors (Lipinski definition) is 4. The van der Waals surface area contributed by atoms with Gasteiger partial charge in [0, 0.05) is 29.8 Å². The van der Waals surface area contributed by atoms with Gasteiger partial charge < -0.3 is 19.5 Å². The maximum atomic E-state index is 12.9.